The van der Waals surface area contributed by atoms with Crippen molar-refractivity contribution in [1.29, 1.82) is 0 Å². The van der Waals surface area contributed by atoms with Crippen LogP contribution in [0, 0.1) is 5.82 Å². The van der Waals surface area contributed by atoms with Crippen molar-refractivity contribution in [3.63, 3.8) is 0 Å². The van der Waals surface area contributed by atoms with E-state index in [1.165, 1.54) is 17.0 Å². The standard InChI is InChI=1S/C22H19ClFN5O4/c23-17-9-12(24)1-6-16(17)21(31)27-13-2-4-15(5-3-13)29-11-26-18(20(25)30)19(29)22(32)28-14-7-8-33-10-14/h1-6,9,11,14H,7-8,10H2,(H2,25,30)(H,27,31)(H,28,32). The van der Waals surface area contributed by atoms with Crippen LogP contribution in [0.25, 0.3) is 5.69 Å². The second-order valence-corrected chi connectivity index (χ2v) is 7.74. The summed E-state index contributed by atoms with van der Waals surface area (Å²) in [6.45, 7) is 0.932. The van der Waals surface area contributed by atoms with Gasteiger partial charge in [-0.3, -0.25) is 19.0 Å². The highest BCUT2D eigenvalue weighted by Crippen LogP contribution is 2.21. The number of benzene rings is 2. The fourth-order valence-electron chi connectivity index (χ4n) is 3.42. The summed E-state index contributed by atoms with van der Waals surface area (Å²) in [6, 6.07) is 9.77. The molecule has 0 bridgehead atoms. The first-order chi connectivity index (χ1) is 15.8. The van der Waals surface area contributed by atoms with Crippen molar-refractivity contribution in [2.45, 2.75) is 12.5 Å². The number of primary amides is 1. The number of ether oxygens (including phenoxy) is 1. The van der Waals surface area contributed by atoms with E-state index in [2.05, 4.69) is 15.6 Å². The third-order valence-electron chi connectivity index (χ3n) is 5.06. The molecule has 3 amide bonds. The van der Waals surface area contributed by atoms with Crippen molar-refractivity contribution < 1.29 is 23.5 Å². The molecule has 1 fully saturated rings. The molecule has 4 rings (SSSR count). The van der Waals surface area contributed by atoms with Gasteiger partial charge in [-0.15, -0.1) is 0 Å². The van der Waals surface area contributed by atoms with Gasteiger partial charge >= 0.3 is 0 Å². The lowest BCUT2D eigenvalue weighted by Crippen LogP contribution is -2.37. The van der Waals surface area contributed by atoms with E-state index in [4.69, 9.17) is 22.1 Å². The second-order valence-electron chi connectivity index (χ2n) is 7.34. The summed E-state index contributed by atoms with van der Waals surface area (Å²) in [4.78, 5) is 41.1. The Morgan fingerprint density at radius 1 is 1.15 bits per heavy atom. The van der Waals surface area contributed by atoms with Gasteiger partial charge in [0.25, 0.3) is 17.7 Å². The Bertz CT molecular complexity index is 1220. The van der Waals surface area contributed by atoms with Crippen LogP contribution in [0.2, 0.25) is 5.02 Å². The number of nitrogens with zero attached hydrogens (tertiary/aromatic N) is 2. The minimum Gasteiger partial charge on any atom is -0.379 e. The Balaban J connectivity index is 1.56. The number of rotatable bonds is 6. The Kier molecular flexibility index (Phi) is 6.38. The molecular formula is C22H19ClFN5O4. The summed E-state index contributed by atoms with van der Waals surface area (Å²) in [5.41, 5.74) is 6.33. The first-order valence-corrected chi connectivity index (χ1v) is 10.3. The molecule has 1 atom stereocenters. The van der Waals surface area contributed by atoms with Gasteiger partial charge in [0, 0.05) is 18.0 Å². The lowest BCUT2D eigenvalue weighted by molar-refractivity contribution is 0.0909. The quantitative estimate of drug-likeness (QED) is 0.509. The Morgan fingerprint density at radius 3 is 2.55 bits per heavy atom. The molecule has 170 valence electrons. The van der Waals surface area contributed by atoms with E-state index in [1.807, 2.05) is 0 Å². The number of halogens is 2. The first kappa shape index (κ1) is 22.4. The number of hydrogen-bond donors (Lipinski definition) is 3. The average Bonchev–Trinajstić information content (AvgIpc) is 3.44. The van der Waals surface area contributed by atoms with Gasteiger partial charge in [-0.2, -0.15) is 0 Å². The molecule has 0 spiro atoms. The maximum absolute atomic E-state index is 13.2. The van der Waals surface area contributed by atoms with Gasteiger partial charge in [0.2, 0.25) is 0 Å². The molecule has 1 aliphatic rings. The molecule has 1 unspecified atom stereocenters. The molecule has 4 N–H and O–H groups in total. The van der Waals surface area contributed by atoms with Crippen molar-refractivity contribution in [1.82, 2.24) is 14.9 Å². The highest BCUT2D eigenvalue weighted by atomic mass is 35.5. The molecule has 11 heteroatoms. The normalized spacial score (nSPS) is 15.3. The van der Waals surface area contributed by atoms with Gasteiger partial charge in [-0.1, -0.05) is 11.6 Å². The minimum atomic E-state index is -0.832. The molecule has 0 aliphatic carbocycles. The van der Waals surface area contributed by atoms with Crippen LogP contribution in [0.3, 0.4) is 0 Å². The zero-order valence-corrected chi connectivity index (χ0v) is 17.9. The van der Waals surface area contributed by atoms with Crippen LogP contribution in [0.15, 0.2) is 48.8 Å². The van der Waals surface area contributed by atoms with E-state index < -0.39 is 23.5 Å². The van der Waals surface area contributed by atoms with Crippen molar-refractivity contribution in [2.24, 2.45) is 5.73 Å². The summed E-state index contributed by atoms with van der Waals surface area (Å²) in [6.07, 6.45) is 1.99. The predicted octanol–water partition coefficient (Wildman–Crippen LogP) is 2.53. The average molecular weight is 472 g/mol. The molecule has 9 nitrogen and oxygen atoms in total. The molecule has 2 heterocycles. The second kappa shape index (κ2) is 9.39. The van der Waals surface area contributed by atoms with Crippen molar-refractivity contribution in [3.05, 3.63) is 76.6 Å². The number of carbonyl (C=O) groups is 3. The third kappa shape index (κ3) is 4.86. The van der Waals surface area contributed by atoms with Crippen molar-refractivity contribution >= 4 is 35.0 Å². The smallest absolute Gasteiger partial charge is 0.271 e. The van der Waals surface area contributed by atoms with Crippen LogP contribution in [0.1, 0.15) is 37.8 Å². The molecule has 2 aromatic carbocycles. The fraction of sp³-hybridized carbons (Fsp3) is 0.182. The summed E-state index contributed by atoms with van der Waals surface area (Å²) < 4.78 is 19.9. The zero-order chi connectivity index (χ0) is 23.5. The van der Waals surface area contributed by atoms with Crippen molar-refractivity contribution in [2.75, 3.05) is 18.5 Å². The number of carbonyl (C=O) groups excluding carboxylic acids is 3. The number of amides is 3. The fourth-order valence-corrected chi connectivity index (χ4v) is 3.67. The van der Waals surface area contributed by atoms with Gasteiger partial charge in [-0.25, -0.2) is 9.37 Å². The number of nitrogens with one attached hydrogen (secondary N) is 2. The Labute approximate surface area is 192 Å². The van der Waals surface area contributed by atoms with Crippen molar-refractivity contribution in [3.8, 4) is 5.69 Å². The third-order valence-corrected chi connectivity index (χ3v) is 5.37. The Hall–Kier alpha value is -3.76. The molecule has 0 saturated carbocycles. The molecule has 1 saturated heterocycles. The number of anilines is 1. The predicted molar refractivity (Wildman–Crippen MR) is 118 cm³/mol. The van der Waals surface area contributed by atoms with Crippen LogP contribution < -0.4 is 16.4 Å². The minimum absolute atomic E-state index is 0.00396. The molecule has 1 aromatic heterocycles. The van der Waals surface area contributed by atoms with Crippen LogP contribution >= 0.6 is 11.6 Å². The molecule has 1 aliphatic heterocycles. The maximum Gasteiger partial charge on any atom is 0.271 e. The van der Waals surface area contributed by atoms with Gasteiger partial charge in [-0.05, 0) is 48.9 Å². The van der Waals surface area contributed by atoms with Gasteiger partial charge in [0.1, 0.15) is 17.8 Å². The molecule has 33 heavy (non-hydrogen) atoms. The van der Waals surface area contributed by atoms with E-state index >= 15 is 0 Å². The highest BCUT2D eigenvalue weighted by molar-refractivity contribution is 6.34. The van der Waals surface area contributed by atoms with E-state index in [0.29, 0.717) is 31.0 Å². The van der Waals surface area contributed by atoms with E-state index in [0.717, 1.165) is 12.1 Å². The summed E-state index contributed by atoms with van der Waals surface area (Å²) >= 11 is 5.94. The summed E-state index contributed by atoms with van der Waals surface area (Å²) in [5, 5.41) is 5.48. The highest BCUT2D eigenvalue weighted by Gasteiger charge is 2.26. The zero-order valence-electron chi connectivity index (χ0n) is 17.2. The lowest BCUT2D eigenvalue weighted by atomic mass is 10.2. The van der Waals surface area contributed by atoms with E-state index in [1.54, 1.807) is 24.3 Å². The largest absolute Gasteiger partial charge is 0.379 e. The summed E-state index contributed by atoms with van der Waals surface area (Å²) in [7, 11) is 0. The number of nitrogens with two attached hydrogens (primary N) is 1. The SMILES string of the molecule is NC(=O)c1ncn(-c2ccc(NC(=O)c3ccc(F)cc3Cl)cc2)c1C(=O)NC1CCOC1. The maximum atomic E-state index is 13.2. The molecule has 3 aromatic rings. The molecular weight excluding hydrogens is 453 g/mol. The topological polar surface area (TPSA) is 128 Å². The lowest BCUT2D eigenvalue weighted by Gasteiger charge is -2.14. The van der Waals surface area contributed by atoms with Crippen LogP contribution in [-0.4, -0.2) is 46.5 Å². The van der Waals surface area contributed by atoms with E-state index in [9.17, 15) is 18.8 Å². The number of hydrogen-bond acceptors (Lipinski definition) is 5. The number of imidazole rings is 1. The van der Waals surface area contributed by atoms with Crippen LogP contribution in [0.5, 0.6) is 0 Å². The van der Waals surface area contributed by atoms with Gasteiger partial charge < -0.3 is 21.1 Å². The van der Waals surface area contributed by atoms with Gasteiger partial charge in [0.15, 0.2) is 5.69 Å². The van der Waals surface area contributed by atoms with Crippen LogP contribution in [-0.2, 0) is 4.74 Å². The Morgan fingerprint density at radius 2 is 1.91 bits per heavy atom. The molecule has 0 radical (unpaired) electrons. The van der Waals surface area contributed by atoms with Crippen LogP contribution in [0.4, 0.5) is 10.1 Å². The monoisotopic (exact) mass is 471 g/mol. The van der Waals surface area contributed by atoms with E-state index in [-0.39, 0.29) is 28.0 Å². The first-order valence-electron chi connectivity index (χ1n) is 9.96. The number of aromatic nitrogens is 2. The van der Waals surface area contributed by atoms with Gasteiger partial charge in [0.05, 0.1) is 23.2 Å². The summed E-state index contributed by atoms with van der Waals surface area (Å²) in [5.74, 6) is -2.39.